The third-order valence-electron chi connectivity index (χ3n) is 3.11. The average Bonchev–Trinajstić information content (AvgIpc) is 3.07. The first-order valence-corrected chi connectivity index (χ1v) is 6.80. The second kappa shape index (κ2) is 7.15. The van der Waals surface area contributed by atoms with E-state index in [0.717, 1.165) is 0 Å². The highest BCUT2D eigenvalue weighted by molar-refractivity contribution is 5.86. The quantitative estimate of drug-likeness (QED) is 0.768. The molecule has 0 saturated carbocycles. The molecule has 2 rings (SSSR count). The highest BCUT2D eigenvalue weighted by Gasteiger charge is 2.21. The molecule has 2 aromatic rings. The summed E-state index contributed by atoms with van der Waals surface area (Å²) in [6.45, 7) is 3.44. The minimum atomic E-state index is -1.14. The molecule has 0 fully saturated rings. The van der Waals surface area contributed by atoms with Crippen molar-refractivity contribution < 1.29 is 33.4 Å². The zero-order valence-electron chi connectivity index (χ0n) is 12.7. The second-order valence-corrected chi connectivity index (χ2v) is 5.02. The standard InChI is InChI=1S/C16H16O7/c1-9(7-11-3-5-21-13(11)15(17)18)23-10(2)8-12-4-6-22-14(12)16(19)20/h3-6H,7-8H2,1-2H3,(H,17,18)(H,19,20). The largest absolute Gasteiger partial charge is 0.475 e. The van der Waals surface area contributed by atoms with E-state index in [-0.39, 0.29) is 24.4 Å². The zero-order chi connectivity index (χ0) is 17.0. The molecule has 2 heterocycles. The molecule has 0 bridgehead atoms. The molecule has 0 atom stereocenters. The van der Waals surface area contributed by atoms with Crippen molar-refractivity contribution in [2.24, 2.45) is 0 Å². The van der Waals surface area contributed by atoms with Gasteiger partial charge in [0.15, 0.2) is 0 Å². The molecule has 0 aromatic carbocycles. The molecule has 0 saturated heterocycles. The maximum absolute atomic E-state index is 11.0. The third kappa shape index (κ3) is 4.23. The third-order valence-corrected chi connectivity index (χ3v) is 3.11. The number of rotatable bonds is 8. The molecule has 0 aliphatic rings. The summed E-state index contributed by atoms with van der Waals surface area (Å²) in [7, 11) is 0. The van der Waals surface area contributed by atoms with Crippen LogP contribution in [0.4, 0.5) is 0 Å². The molecule has 0 amide bonds. The summed E-state index contributed by atoms with van der Waals surface area (Å²) in [6.07, 6.45) is 4.35. The molecule has 2 aromatic heterocycles. The van der Waals surface area contributed by atoms with Crippen LogP contribution >= 0.6 is 0 Å². The Balaban J connectivity index is 1.93. The van der Waals surface area contributed by atoms with E-state index in [1.807, 2.05) is 0 Å². The van der Waals surface area contributed by atoms with Gasteiger partial charge in [0.05, 0.1) is 24.7 Å². The van der Waals surface area contributed by atoms with Gasteiger partial charge in [0, 0.05) is 24.0 Å². The van der Waals surface area contributed by atoms with Crippen molar-refractivity contribution in [1.82, 2.24) is 0 Å². The Labute approximate surface area is 132 Å². The fourth-order valence-electron chi connectivity index (χ4n) is 2.23. The molecule has 0 unspecified atom stereocenters. The number of aromatic carboxylic acids is 2. The second-order valence-electron chi connectivity index (χ2n) is 5.02. The molecule has 0 spiro atoms. The highest BCUT2D eigenvalue weighted by Crippen LogP contribution is 2.24. The van der Waals surface area contributed by atoms with Crippen molar-refractivity contribution in [1.29, 1.82) is 0 Å². The summed E-state index contributed by atoms with van der Waals surface area (Å²) in [6, 6.07) is 3.15. The van der Waals surface area contributed by atoms with Crippen LogP contribution < -0.4 is 0 Å². The van der Waals surface area contributed by atoms with Crippen molar-refractivity contribution >= 4 is 11.9 Å². The number of ether oxygens (including phenoxy) is 1. The Morgan fingerprint density at radius 1 is 0.913 bits per heavy atom. The number of carboxylic acids is 2. The van der Waals surface area contributed by atoms with Gasteiger partial charge in [-0.15, -0.1) is 0 Å². The summed E-state index contributed by atoms with van der Waals surface area (Å²) in [5.74, 6) is -2.51. The van der Waals surface area contributed by atoms with Crippen LogP contribution in [0.5, 0.6) is 0 Å². The van der Waals surface area contributed by atoms with Crippen molar-refractivity contribution in [3.05, 3.63) is 59.5 Å². The van der Waals surface area contributed by atoms with E-state index in [2.05, 4.69) is 0 Å². The summed E-state index contributed by atoms with van der Waals surface area (Å²) in [5, 5.41) is 18.0. The molecule has 0 aliphatic heterocycles. The SMILES string of the molecule is C[C](Cc1ccoc1C(=O)O)O[C](C)Cc1ccoc1C(=O)O. The van der Waals surface area contributed by atoms with E-state index in [4.69, 9.17) is 23.8 Å². The number of hydrogen-bond acceptors (Lipinski definition) is 5. The average molecular weight is 320 g/mol. The van der Waals surface area contributed by atoms with Crippen molar-refractivity contribution in [2.75, 3.05) is 0 Å². The zero-order valence-corrected chi connectivity index (χ0v) is 12.7. The summed E-state index contributed by atoms with van der Waals surface area (Å²) in [5.41, 5.74) is 1.02. The van der Waals surface area contributed by atoms with Crippen molar-refractivity contribution in [3.63, 3.8) is 0 Å². The monoisotopic (exact) mass is 320 g/mol. The Morgan fingerprint density at radius 2 is 1.30 bits per heavy atom. The maximum Gasteiger partial charge on any atom is 0.372 e. The fraction of sp³-hybridized carbons (Fsp3) is 0.250. The molecule has 7 nitrogen and oxygen atoms in total. The van der Waals surface area contributed by atoms with Crippen LogP contribution in [0.15, 0.2) is 33.5 Å². The van der Waals surface area contributed by atoms with Gasteiger partial charge in [-0.1, -0.05) is 0 Å². The van der Waals surface area contributed by atoms with E-state index in [0.29, 0.717) is 23.3 Å². The van der Waals surface area contributed by atoms with E-state index in [1.54, 1.807) is 26.0 Å². The Hall–Kier alpha value is -2.54. The molecule has 7 heteroatoms. The lowest BCUT2D eigenvalue weighted by Crippen LogP contribution is -2.11. The van der Waals surface area contributed by atoms with Gasteiger partial charge >= 0.3 is 11.9 Å². The van der Waals surface area contributed by atoms with Gasteiger partial charge in [0.1, 0.15) is 0 Å². The Kier molecular flexibility index (Phi) is 5.23. The van der Waals surface area contributed by atoms with E-state index >= 15 is 0 Å². The number of carboxylic acid groups (broad SMARTS) is 2. The molecule has 122 valence electrons. The molecular weight excluding hydrogens is 304 g/mol. The topological polar surface area (TPSA) is 110 Å². The van der Waals surface area contributed by atoms with Crippen LogP contribution in [0.3, 0.4) is 0 Å². The van der Waals surface area contributed by atoms with Gasteiger partial charge in [-0.2, -0.15) is 0 Å². The molecule has 23 heavy (non-hydrogen) atoms. The lowest BCUT2D eigenvalue weighted by molar-refractivity contribution is 0.0651. The van der Waals surface area contributed by atoms with Gasteiger partial charge in [-0.3, -0.25) is 0 Å². The Morgan fingerprint density at radius 3 is 1.65 bits per heavy atom. The summed E-state index contributed by atoms with van der Waals surface area (Å²) in [4.78, 5) is 22.0. The molecular formula is C16H16O7. The molecule has 0 aliphatic carbocycles. The van der Waals surface area contributed by atoms with Crippen LogP contribution in [0.1, 0.15) is 46.1 Å². The lowest BCUT2D eigenvalue weighted by Gasteiger charge is -2.17. The predicted molar refractivity (Wildman–Crippen MR) is 77.7 cm³/mol. The number of hydrogen-bond donors (Lipinski definition) is 2. The first-order valence-electron chi connectivity index (χ1n) is 6.80. The maximum atomic E-state index is 11.0. The lowest BCUT2D eigenvalue weighted by atomic mass is 10.1. The van der Waals surface area contributed by atoms with Crippen molar-refractivity contribution in [3.8, 4) is 0 Å². The predicted octanol–water partition coefficient (Wildman–Crippen LogP) is 3.17. The van der Waals surface area contributed by atoms with E-state index in [1.165, 1.54) is 12.5 Å². The van der Waals surface area contributed by atoms with E-state index < -0.39 is 11.9 Å². The fourth-order valence-corrected chi connectivity index (χ4v) is 2.23. The highest BCUT2D eigenvalue weighted by atomic mass is 16.5. The number of carbonyl (C=O) groups is 2. The van der Waals surface area contributed by atoms with Crippen molar-refractivity contribution in [2.45, 2.75) is 26.7 Å². The molecule has 2 N–H and O–H groups in total. The smallest absolute Gasteiger partial charge is 0.372 e. The first kappa shape index (κ1) is 16.8. The van der Waals surface area contributed by atoms with Crippen LogP contribution in [0.25, 0.3) is 0 Å². The summed E-state index contributed by atoms with van der Waals surface area (Å²) < 4.78 is 15.4. The summed E-state index contributed by atoms with van der Waals surface area (Å²) >= 11 is 0. The van der Waals surface area contributed by atoms with Crippen LogP contribution in [-0.2, 0) is 17.6 Å². The molecule has 2 radical (unpaired) electrons. The van der Waals surface area contributed by atoms with Crippen LogP contribution in [0.2, 0.25) is 0 Å². The first-order chi connectivity index (χ1) is 10.9. The normalized spacial score (nSPS) is 11.3. The van der Waals surface area contributed by atoms with Gasteiger partial charge in [-0.25, -0.2) is 9.59 Å². The van der Waals surface area contributed by atoms with Crippen LogP contribution in [0, 0.1) is 12.2 Å². The van der Waals surface area contributed by atoms with Gasteiger partial charge in [0.25, 0.3) is 0 Å². The van der Waals surface area contributed by atoms with Gasteiger partial charge < -0.3 is 23.8 Å². The van der Waals surface area contributed by atoms with Gasteiger partial charge in [0.2, 0.25) is 11.5 Å². The number of furan rings is 2. The minimum Gasteiger partial charge on any atom is -0.475 e. The van der Waals surface area contributed by atoms with Gasteiger partial charge in [-0.05, 0) is 26.0 Å². The Bertz CT molecular complexity index is 624. The van der Waals surface area contributed by atoms with E-state index in [9.17, 15) is 9.59 Å². The minimum absolute atomic E-state index is 0.117. The van der Waals surface area contributed by atoms with Crippen LogP contribution in [-0.4, -0.2) is 22.2 Å².